The lowest BCUT2D eigenvalue weighted by molar-refractivity contribution is 0.636. The number of nitriles is 1. The Labute approximate surface area is 121 Å². The van der Waals surface area contributed by atoms with E-state index < -0.39 is 6.04 Å². The fraction of sp³-hybridized carbons (Fsp3) is 0.118. The Morgan fingerprint density at radius 3 is 2.19 bits per heavy atom. The largest absolute Gasteiger partial charge is 0.272 e. The molecule has 4 heteroatoms. The molecule has 0 spiro atoms. The first-order valence-corrected chi connectivity index (χ1v) is 6.84. The van der Waals surface area contributed by atoms with Crippen LogP contribution in [0.2, 0.25) is 0 Å². The number of hydrogen-bond acceptors (Lipinski definition) is 4. The highest BCUT2D eigenvalue weighted by Gasteiger charge is 2.30. The van der Waals surface area contributed by atoms with Crippen LogP contribution in [0.15, 0.2) is 64.9 Å². The van der Waals surface area contributed by atoms with Crippen LogP contribution in [0.3, 0.4) is 0 Å². The van der Waals surface area contributed by atoms with Crippen molar-refractivity contribution in [3.8, 4) is 6.07 Å². The van der Waals surface area contributed by atoms with Gasteiger partial charge in [0, 0.05) is 0 Å². The van der Waals surface area contributed by atoms with Crippen molar-refractivity contribution in [3.63, 3.8) is 0 Å². The summed E-state index contributed by atoms with van der Waals surface area (Å²) >= 11 is 0. The Balaban J connectivity index is 2.12. The highest BCUT2D eigenvalue weighted by atomic mass is 15.5. The van der Waals surface area contributed by atoms with Crippen molar-refractivity contribution < 1.29 is 0 Å². The summed E-state index contributed by atoms with van der Waals surface area (Å²) in [5.74, 6) is 0. The van der Waals surface area contributed by atoms with Crippen LogP contribution >= 0.6 is 0 Å². The molecular formula is C17H12N4. The van der Waals surface area contributed by atoms with Crippen LogP contribution in [-0.2, 0) is 0 Å². The number of fused-ring (bicyclic) bond motifs is 2. The maximum atomic E-state index is 9.31. The maximum Gasteiger partial charge on any atom is 0.160 e. The standard InChI is InChI=1S/C17H12N4/c18-10-15-17(20-21-19-15)16-13-7-3-1-5-11(13)9-12-6-2-4-8-14(12)16/h1-9,15,17H,(H,19,20)/t15-,17+/m1/s1. The minimum atomic E-state index is -0.417. The monoisotopic (exact) mass is 272 g/mol. The third kappa shape index (κ3) is 1.75. The minimum absolute atomic E-state index is 0.272. The average Bonchev–Trinajstić information content (AvgIpc) is 3.00. The maximum absolute atomic E-state index is 9.31. The fourth-order valence-corrected chi connectivity index (χ4v) is 2.99. The molecular weight excluding hydrogens is 260 g/mol. The van der Waals surface area contributed by atoms with E-state index >= 15 is 0 Å². The molecule has 0 bridgehead atoms. The first kappa shape index (κ1) is 11.9. The third-order valence-corrected chi connectivity index (χ3v) is 3.94. The van der Waals surface area contributed by atoms with E-state index in [1.165, 1.54) is 0 Å². The highest BCUT2D eigenvalue weighted by molar-refractivity contribution is 6.02. The zero-order valence-corrected chi connectivity index (χ0v) is 11.2. The molecule has 21 heavy (non-hydrogen) atoms. The van der Waals surface area contributed by atoms with Gasteiger partial charge in [-0.25, -0.2) is 0 Å². The summed E-state index contributed by atoms with van der Waals surface area (Å²) in [7, 11) is 0. The smallest absolute Gasteiger partial charge is 0.160 e. The Hall–Kier alpha value is -2.93. The number of benzene rings is 3. The molecule has 0 unspecified atom stereocenters. The molecule has 1 heterocycles. The van der Waals surface area contributed by atoms with Gasteiger partial charge in [0.25, 0.3) is 0 Å². The Bertz CT molecular complexity index is 853. The van der Waals surface area contributed by atoms with Crippen molar-refractivity contribution in [2.45, 2.75) is 12.1 Å². The molecule has 0 fully saturated rings. The van der Waals surface area contributed by atoms with Gasteiger partial charge in [-0.15, -0.1) is 0 Å². The summed E-state index contributed by atoms with van der Waals surface area (Å²) in [6.07, 6.45) is 0. The molecule has 0 radical (unpaired) electrons. The van der Waals surface area contributed by atoms with Crippen molar-refractivity contribution in [1.29, 1.82) is 5.26 Å². The third-order valence-electron chi connectivity index (χ3n) is 3.94. The van der Waals surface area contributed by atoms with Gasteiger partial charge in [-0.05, 0) is 33.2 Å². The van der Waals surface area contributed by atoms with E-state index in [1.54, 1.807) is 0 Å². The normalized spacial score (nSPS) is 20.5. The number of rotatable bonds is 1. The van der Waals surface area contributed by atoms with Crippen LogP contribution in [-0.4, -0.2) is 6.04 Å². The number of nitrogens with one attached hydrogen (secondary N) is 1. The second-order valence-electron chi connectivity index (χ2n) is 5.13. The van der Waals surface area contributed by atoms with Gasteiger partial charge in [0.2, 0.25) is 0 Å². The fourth-order valence-electron chi connectivity index (χ4n) is 2.99. The molecule has 0 saturated heterocycles. The summed E-state index contributed by atoms with van der Waals surface area (Å²) in [6.45, 7) is 0. The quantitative estimate of drug-likeness (QED) is 0.683. The zero-order chi connectivity index (χ0) is 14.2. The Morgan fingerprint density at radius 2 is 1.57 bits per heavy atom. The summed E-state index contributed by atoms with van der Waals surface area (Å²) in [5.41, 5.74) is 3.85. The van der Waals surface area contributed by atoms with Crippen LogP contribution in [0.4, 0.5) is 0 Å². The topological polar surface area (TPSA) is 60.5 Å². The number of nitrogens with zero attached hydrogens (tertiary/aromatic N) is 3. The number of hydrogen-bond donors (Lipinski definition) is 1. The molecule has 0 aromatic heterocycles. The highest BCUT2D eigenvalue weighted by Crippen LogP contribution is 2.37. The average molecular weight is 272 g/mol. The predicted molar refractivity (Wildman–Crippen MR) is 81.6 cm³/mol. The van der Waals surface area contributed by atoms with E-state index in [-0.39, 0.29) is 6.04 Å². The molecule has 100 valence electrons. The first-order chi connectivity index (χ1) is 10.4. The predicted octanol–water partition coefficient (Wildman–Crippen LogP) is 3.90. The van der Waals surface area contributed by atoms with Gasteiger partial charge in [-0.3, -0.25) is 5.43 Å². The molecule has 1 N–H and O–H groups in total. The lowest BCUT2D eigenvalue weighted by Gasteiger charge is -2.16. The van der Waals surface area contributed by atoms with Gasteiger partial charge in [0.05, 0.1) is 6.07 Å². The molecule has 2 atom stereocenters. The molecule has 0 saturated carbocycles. The lowest BCUT2D eigenvalue weighted by atomic mass is 9.90. The summed E-state index contributed by atoms with van der Waals surface area (Å²) in [6, 6.07) is 20.2. The van der Waals surface area contributed by atoms with Crippen LogP contribution < -0.4 is 5.43 Å². The lowest BCUT2D eigenvalue weighted by Crippen LogP contribution is -2.23. The van der Waals surface area contributed by atoms with Crippen LogP contribution in [0, 0.1) is 11.3 Å². The van der Waals surface area contributed by atoms with Crippen molar-refractivity contribution in [2.24, 2.45) is 10.3 Å². The molecule has 1 aliphatic rings. The van der Waals surface area contributed by atoms with E-state index in [9.17, 15) is 5.26 Å². The second kappa shape index (κ2) is 4.57. The summed E-state index contributed by atoms with van der Waals surface area (Å²) < 4.78 is 0. The SMILES string of the molecule is N#C[C@H]1NN=N[C@@H]1c1c2ccccc2cc2ccccc12. The van der Waals surface area contributed by atoms with Gasteiger partial charge in [-0.1, -0.05) is 53.8 Å². The molecule has 4 rings (SSSR count). The van der Waals surface area contributed by atoms with Gasteiger partial charge < -0.3 is 0 Å². The van der Waals surface area contributed by atoms with E-state index in [1.807, 2.05) is 24.3 Å². The van der Waals surface area contributed by atoms with Crippen molar-refractivity contribution in [2.75, 3.05) is 0 Å². The van der Waals surface area contributed by atoms with E-state index in [0.717, 1.165) is 27.1 Å². The van der Waals surface area contributed by atoms with Gasteiger partial charge in [0.1, 0.15) is 6.04 Å². The van der Waals surface area contributed by atoms with Crippen molar-refractivity contribution in [1.82, 2.24) is 5.43 Å². The molecule has 3 aromatic rings. The van der Waals surface area contributed by atoms with Gasteiger partial charge >= 0.3 is 0 Å². The summed E-state index contributed by atoms with van der Waals surface area (Å²) in [4.78, 5) is 0. The zero-order valence-electron chi connectivity index (χ0n) is 11.2. The second-order valence-corrected chi connectivity index (χ2v) is 5.13. The minimum Gasteiger partial charge on any atom is -0.272 e. The Morgan fingerprint density at radius 1 is 0.952 bits per heavy atom. The molecule has 0 amide bonds. The molecule has 1 aliphatic heterocycles. The van der Waals surface area contributed by atoms with Crippen molar-refractivity contribution in [3.05, 3.63) is 60.2 Å². The van der Waals surface area contributed by atoms with Crippen LogP contribution in [0.1, 0.15) is 11.6 Å². The Kier molecular flexibility index (Phi) is 2.58. The van der Waals surface area contributed by atoms with Crippen LogP contribution in [0.25, 0.3) is 21.5 Å². The van der Waals surface area contributed by atoms with Crippen molar-refractivity contribution >= 4 is 21.5 Å². The van der Waals surface area contributed by atoms with Gasteiger partial charge in [-0.2, -0.15) is 10.4 Å². The summed E-state index contributed by atoms with van der Waals surface area (Å²) in [5, 5.41) is 22.0. The first-order valence-electron chi connectivity index (χ1n) is 6.84. The van der Waals surface area contributed by atoms with E-state index in [4.69, 9.17) is 0 Å². The molecule has 3 aromatic carbocycles. The molecule has 4 nitrogen and oxygen atoms in total. The van der Waals surface area contributed by atoms with Crippen LogP contribution in [0.5, 0.6) is 0 Å². The van der Waals surface area contributed by atoms with E-state index in [2.05, 4.69) is 52.2 Å². The molecule has 0 aliphatic carbocycles. The van der Waals surface area contributed by atoms with Gasteiger partial charge in [0.15, 0.2) is 6.04 Å². The van der Waals surface area contributed by atoms with E-state index in [0.29, 0.717) is 0 Å².